The van der Waals surface area contributed by atoms with Crippen molar-refractivity contribution in [1.82, 2.24) is 0 Å². The molecule has 1 rings (SSSR count). The summed E-state index contributed by atoms with van der Waals surface area (Å²) in [6.45, 7) is 0. The van der Waals surface area contributed by atoms with Gasteiger partial charge in [-0.1, -0.05) is 0 Å². The predicted octanol–water partition coefficient (Wildman–Crippen LogP) is 1.90. The molecule has 0 aromatic heterocycles. The Bertz CT molecular complexity index is 399. The summed E-state index contributed by atoms with van der Waals surface area (Å²) in [5.74, 6) is 0. The van der Waals surface area contributed by atoms with E-state index in [4.69, 9.17) is 30.0 Å². The second kappa shape index (κ2) is 15.2. The van der Waals surface area contributed by atoms with Gasteiger partial charge in [0, 0.05) is 0 Å². The van der Waals surface area contributed by atoms with Gasteiger partial charge in [-0.2, -0.15) is 18.2 Å². The zero-order valence-corrected chi connectivity index (χ0v) is 15.0. The minimum Gasteiger partial charge on any atom is -0.214 e. The molecule has 0 aliphatic heterocycles. The van der Waals surface area contributed by atoms with Crippen molar-refractivity contribution in [3.8, 4) is 0 Å². The van der Waals surface area contributed by atoms with Crippen LogP contribution in [-0.4, -0.2) is 24.4 Å². The van der Waals surface area contributed by atoms with E-state index in [0.29, 0.717) is 0 Å². The van der Waals surface area contributed by atoms with Crippen LogP contribution in [0.1, 0.15) is 0 Å². The second-order valence-electron chi connectivity index (χ2n) is 1.73. The third-order valence-corrected chi connectivity index (χ3v) is 2.60. The average molecular weight is 512 g/mol. The smallest absolute Gasteiger partial charge is 0.172 e. The Kier molecular flexibility index (Phi) is 17.6. The van der Waals surface area contributed by atoms with E-state index in [-0.39, 0.29) is 0 Å². The molecule has 1 aromatic carbocycles. The normalized spacial score (nSPS) is 7.00. The van der Waals surface area contributed by atoms with E-state index in [1.807, 2.05) is 30.3 Å². The van der Waals surface area contributed by atoms with Crippen molar-refractivity contribution in [2.45, 2.75) is 0 Å². The Labute approximate surface area is 114 Å². The fourth-order valence-electron chi connectivity index (χ4n) is 0.372. The second-order valence-corrected chi connectivity index (χ2v) is 15.5. The summed E-state index contributed by atoms with van der Waals surface area (Å²) in [5.41, 5.74) is 0. The number of halogens is 3. The molecule has 0 N–H and O–H groups in total. The van der Waals surface area contributed by atoms with Crippen LogP contribution < -0.4 is 0 Å². The summed E-state index contributed by atoms with van der Waals surface area (Å²) in [7, 11) is 14.9. The van der Waals surface area contributed by atoms with Crippen LogP contribution in [0.2, 0.25) is 0 Å². The first kappa shape index (κ1) is 18.6. The third kappa shape index (κ3) is 19.7. The topological polar surface area (TPSA) is 51.2 Å². The fraction of sp³-hybridized carbons (Fsp3) is 0. The van der Waals surface area contributed by atoms with Gasteiger partial charge in [-0.25, -0.2) is 12.1 Å². The van der Waals surface area contributed by atoms with E-state index in [9.17, 15) is 14.4 Å². The van der Waals surface area contributed by atoms with Crippen molar-refractivity contribution in [2.24, 2.45) is 0 Å². The molecular weight excluding hydrogens is 507 g/mol. The molecule has 0 fully saturated rings. The quantitative estimate of drug-likeness (QED) is 0.395. The molecule has 0 saturated carbocycles. The van der Waals surface area contributed by atoms with Gasteiger partial charge in [0.25, 0.3) is 0 Å². The van der Waals surface area contributed by atoms with Crippen LogP contribution in [0.5, 0.6) is 0 Å². The van der Waals surface area contributed by atoms with Crippen LogP contribution in [0, 0.1) is 0 Å². The minimum absolute atomic E-state index is 1.30. The molecule has 0 amide bonds. The van der Waals surface area contributed by atoms with Crippen LogP contribution in [-0.2, 0) is 30.3 Å². The van der Waals surface area contributed by atoms with Gasteiger partial charge in [0.1, 0.15) is 0 Å². The Balaban J connectivity index is 0. The van der Waals surface area contributed by atoms with Gasteiger partial charge in [0.2, 0.25) is 0 Å². The Hall–Kier alpha value is 0.191. The molecule has 0 spiro atoms. The number of carbonyl (C=O) groups excluding carboxylic acids is 3. The first-order valence-electron chi connectivity index (χ1n) is 3.46. The monoisotopic (exact) mass is 512 g/mol. The van der Waals surface area contributed by atoms with E-state index in [2.05, 4.69) is 0 Å². The minimum atomic E-state index is -3.05. The van der Waals surface area contributed by atoms with Crippen molar-refractivity contribution in [3.63, 3.8) is 0 Å². The van der Waals surface area contributed by atoms with Crippen LogP contribution in [0.3, 0.4) is 0 Å². The maximum Gasteiger partial charge on any atom is -0.172 e. The van der Waals surface area contributed by atoms with Gasteiger partial charge in [-0.05, 0) is 0 Å². The average Bonchev–Trinajstić information content (AvgIpc) is 2.77. The van der Waals surface area contributed by atoms with Gasteiger partial charge in [0.05, 0.1) is 0 Å². The predicted molar refractivity (Wildman–Crippen MR) is 62.4 cm³/mol. The van der Waals surface area contributed by atoms with Crippen molar-refractivity contribution < 1.29 is 30.3 Å². The molecule has 1 radical (unpaired) electrons. The number of rotatable bonds is 0. The zero-order chi connectivity index (χ0) is 12.8. The van der Waals surface area contributed by atoms with Crippen LogP contribution in [0.25, 0.3) is 0 Å². The van der Waals surface area contributed by atoms with Gasteiger partial charge in [0.15, 0.2) is 0 Å². The molecule has 0 heterocycles. The molecule has 0 bridgehead atoms. The van der Waals surface area contributed by atoms with E-state index in [1.54, 1.807) is 0 Å². The standard InChI is InChI=1S/C5H5.3CO.Cl3Ge.W/c1-2-4-5-3-1;3*1-2;1-4(2)3;/h1-5H;;;;;/q-1;;;;;. The van der Waals surface area contributed by atoms with E-state index in [1.165, 1.54) is 12.8 Å². The number of hydrogen-bond acceptors (Lipinski definition) is 3. The summed E-state index contributed by atoms with van der Waals surface area (Å²) in [6, 6.07) is 10.0. The van der Waals surface area contributed by atoms with Gasteiger partial charge >= 0.3 is 84.7 Å². The summed E-state index contributed by atoms with van der Waals surface area (Å²) in [5, 5.41) is 0. The van der Waals surface area contributed by atoms with E-state index in [0.717, 1.165) is 0 Å². The summed E-state index contributed by atoms with van der Waals surface area (Å²) in [4.78, 5) is 28.2. The molecule has 8 heteroatoms. The van der Waals surface area contributed by atoms with Crippen LogP contribution in [0.15, 0.2) is 30.3 Å². The molecule has 0 aliphatic rings. The first-order valence-corrected chi connectivity index (χ1v) is 16.1. The summed E-state index contributed by atoms with van der Waals surface area (Å²) < 4.78 is 3.90. The molecule has 1 aromatic rings. The largest absolute Gasteiger partial charge is 0.214 e. The third-order valence-electron chi connectivity index (χ3n) is 0.806. The van der Waals surface area contributed by atoms with Crippen molar-refractivity contribution >= 4 is 54.4 Å². The van der Waals surface area contributed by atoms with Gasteiger partial charge < -0.3 is 0 Å². The Morgan fingerprint density at radius 1 is 0.938 bits per heavy atom. The molecule has 0 saturated heterocycles. The Morgan fingerprint density at radius 3 is 1.31 bits per heavy atom. The van der Waals surface area contributed by atoms with E-state index < -0.39 is 27.5 Å². The van der Waals surface area contributed by atoms with Crippen LogP contribution >= 0.6 is 30.0 Å². The van der Waals surface area contributed by atoms with Gasteiger partial charge in [-0.15, -0.1) is 0 Å². The summed E-state index contributed by atoms with van der Waals surface area (Å²) >= 11 is -4.97. The van der Waals surface area contributed by atoms with Crippen molar-refractivity contribution in [1.29, 1.82) is 0 Å². The maximum absolute atomic E-state index is 9.40. The SMILES string of the molecule is O=[C]=[W](=[C]=O)=[C]=O.[Cl][Ge]([Cl])[Cl].c1cc[cH-]c1. The molecule has 0 aliphatic carbocycles. The fourth-order valence-corrected chi connectivity index (χ4v) is 0.738. The van der Waals surface area contributed by atoms with Crippen LogP contribution in [0.4, 0.5) is 0 Å². The van der Waals surface area contributed by atoms with Gasteiger partial charge in [-0.3, -0.25) is 0 Å². The van der Waals surface area contributed by atoms with E-state index >= 15 is 0 Å². The van der Waals surface area contributed by atoms with Crippen molar-refractivity contribution in [2.75, 3.05) is 0 Å². The zero-order valence-electron chi connectivity index (χ0n) is 7.65. The molecular formula is C8H5Cl3GeO3W-. The number of hydrogen-bond donors (Lipinski definition) is 0. The molecule has 87 valence electrons. The maximum atomic E-state index is 9.40. The summed E-state index contributed by atoms with van der Waals surface area (Å²) in [6.07, 6.45) is 0. The van der Waals surface area contributed by atoms with Crippen molar-refractivity contribution in [3.05, 3.63) is 30.3 Å². The Morgan fingerprint density at radius 2 is 1.25 bits per heavy atom. The molecule has 16 heavy (non-hydrogen) atoms. The molecule has 3 nitrogen and oxygen atoms in total. The molecule has 0 unspecified atom stereocenters. The molecule has 0 atom stereocenters. The first-order chi connectivity index (χ1) is 7.58.